The molecule has 0 aliphatic heterocycles. The number of aromatic amines is 1. The van der Waals surface area contributed by atoms with Gasteiger partial charge in [0.2, 0.25) is 0 Å². The Morgan fingerprint density at radius 3 is 2.90 bits per heavy atom. The molecule has 0 fully saturated rings. The molecule has 2 heterocycles. The average Bonchev–Trinajstić information content (AvgIpc) is 3.17. The van der Waals surface area contributed by atoms with Gasteiger partial charge in [0.25, 0.3) is 0 Å². The van der Waals surface area contributed by atoms with Crippen LogP contribution in [0.15, 0.2) is 72.0 Å². The molecule has 2 rings (SSSR count). The molecule has 29 heavy (non-hydrogen) atoms. The van der Waals surface area contributed by atoms with E-state index in [2.05, 4.69) is 33.4 Å². The van der Waals surface area contributed by atoms with Crippen molar-refractivity contribution in [2.24, 2.45) is 16.6 Å². The van der Waals surface area contributed by atoms with Crippen molar-refractivity contribution in [2.45, 2.75) is 19.9 Å². The van der Waals surface area contributed by atoms with E-state index >= 15 is 0 Å². The molecular formula is C21H29N7O. The molecule has 2 aromatic heterocycles. The summed E-state index contributed by atoms with van der Waals surface area (Å²) in [5.41, 5.74) is 9.77. The van der Waals surface area contributed by atoms with Crippen LogP contribution in [0.3, 0.4) is 0 Å². The average molecular weight is 396 g/mol. The minimum absolute atomic E-state index is 0.000285. The van der Waals surface area contributed by atoms with E-state index in [0.29, 0.717) is 29.2 Å². The van der Waals surface area contributed by atoms with Gasteiger partial charge in [-0.1, -0.05) is 13.2 Å². The third kappa shape index (κ3) is 6.06. The molecule has 7 N–H and O–H groups in total. The lowest BCUT2D eigenvalue weighted by Crippen LogP contribution is -2.33. The second-order valence-corrected chi connectivity index (χ2v) is 6.70. The lowest BCUT2D eigenvalue weighted by molar-refractivity contribution is 0.297. The monoisotopic (exact) mass is 395 g/mol. The Balaban J connectivity index is 2.33. The Bertz CT molecular complexity index is 953. The van der Waals surface area contributed by atoms with Crippen molar-refractivity contribution < 1.29 is 5.11 Å². The van der Waals surface area contributed by atoms with Crippen LogP contribution in [0.25, 0.3) is 16.6 Å². The van der Waals surface area contributed by atoms with Crippen molar-refractivity contribution >= 4 is 22.8 Å². The number of nitrogens with two attached hydrogens (primary N) is 2. The highest BCUT2D eigenvalue weighted by Gasteiger charge is 2.12. The summed E-state index contributed by atoms with van der Waals surface area (Å²) in [5, 5.41) is 14.2. The zero-order chi connectivity index (χ0) is 21.4. The number of aromatic nitrogens is 2. The fourth-order valence-electron chi connectivity index (χ4n) is 2.43. The van der Waals surface area contributed by atoms with Gasteiger partial charge in [0, 0.05) is 59.6 Å². The number of rotatable bonds is 10. The summed E-state index contributed by atoms with van der Waals surface area (Å²) in [7, 11) is 0. The number of aliphatic hydroxyl groups excluding tert-OH is 1. The van der Waals surface area contributed by atoms with E-state index < -0.39 is 0 Å². The van der Waals surface area contributed by atoms with Crippen molar-refractivity contribution in [3.05, 3.63) is 72.6 Å². The second kappa shape index (κ2) is 10.3. The van der Waals surface area contributed by atoms with Crippen molar-refractivity contribution in [2.75, 3.05) is 13.2 Å². The predicted octanol–water partition coefficient (Wildman–Crippen LogP) is 2.01. The maximum atomic E-state index is 8.82. The molecule has 0 aromatic carbocycles. The molecule has 2 aromatic rings. The molecule has 0 radical (unpaired) electrons. The van der Waals surface area contributed by atoms with Gasteiger partial charge in [-0.2, -0.15) is 0 Å². The molecule has 0 amide bonds. The lowest BCUT2D eigenvalue weighted by Gasteiger charge is -2.21. The second-order valence-electron chi connectivity index (χ2n) is 6.70. The summed E-state index contributed by atoms with van der Waals surface area (Å²) >= 11 is 0. The molecule has 0 unspecified atom stereocenters. The van der Waals surface area contributed by atoms with Crippen molar-refractivity contribution in [3.8, 4) is 0 Å². The molecule has 154 valence electrons. The Morgan fingerprint density at radius 2 is 2.21 bits per heavy atom. The molecule has 0 aliphatic carbocycles. The molecule has 0 saturated heterocycles. The first-order valence-corrected chi connectivity index (χ1v) is 9.25. The van der Waals surface area contributed by atoms with Crippen LogP contribution in [0.2, 0.25) is 0 Å². The van der Waals surface area contributed by atoms with Crippen LogP contribution in [0.1, 0.15) is 19.4 Å². The standard InChI is InChI=1S/C21H29N7O/c1-14(2)28(23)13-19(20(22)6-8-24-16(4)25-9-10-29)15(3)18-11-17-5-7-26-21(17)27-12-18/h5-8,11-14,25,29H,3-4,9-10,22-23H2,1-2H3,(H,26,27)/b19-13+,20-6-,24-8-. The minimum atomic E-state index is 0.000285. The Labute approximate surface area is 171 Å². The number of aliphatic imine (C=N–C) groups is 1. The van der Waals surface area contributed by atoms with Gasteiger partial charge in [-0.05, 0) is 37.6 Å². The maximum Gasteiger partial charge on any atom is 0.137 e. The third-order valence-electron chi connectivity index (χ3n) is 4.18. The van der Waals surface area contributed by atoms with Gasteiger partial charge in [0.1, 0.15) is 11.5 Å². The molecule has 0 saturated carbocycles. The molecule has 0 aliphatic rings. The normalized spacial score (nSPS) is 12.7. The Kier molecular flexibility index (Phi) is 7.76. The summed E-state index contributed by atoms with van der Waals surface area (Å²) in [4.78, 5) is 11.6. The summed E-state index contributed by atoms with van der Waals surface area (Å²) in [6, 6.07) is 4.02. The summed E-state index contributed by atoms with van der Waals surface area (Å²) in [6.07, 6.45) is 8.52. The number of hydrogen-bond acceptors (Lipinski definition) is 7. The van der Waals surface area contributed by atoms with E-state index in [9.17, 15) is 0 Å². The van der Waals surface area contributed by atoms with Gasteiger partial charge < -0.3 is 26.1 Å². The molecular weight excluding hydrogens is 366 g/mol. The maximum absolute atomic E-state index is 8.82. The van der Waals surface area contributed by atoms with E-state index in [1.807, 2.05) is 32.2 Å². The Hall–Kier alpha value is -3.36. The number of allylic oxidation sites excluding steroid dienone is 2. The molecule has 8 heteroatoms. The summed E-state index contributed by atoms with van der Waals surface area (Å²) < 4.78 is 0. The highest BCUT2D eigenvalue weighted by Crippen LogP contribution is 2.26. The fourth-order valence-corrected chi connectivity index (χ4v) is 2.43. The molecule has 8 nitrogen and oxygen atoms in total. The quantitative estimate of drug-likeness (QED) is 0.181. The number of H-pyrrole nitrogens is 1. The fraction of sp³-hybridized carbons (Fsp3) is 0.238. The van der Waals surface area contributed by atoms with Gasteiger partial charge in [0.05, 0.1) is 6.61 Å². The van der Waals surface area contributed by atoms with E-state index in [1.54, 1.807) is 23.5 Å². The third-order valence-corrected chi connectivity index (χ3v) is 4.18. The van der Waals surface area contributed by atoms with E-state index in [0.717, 1.165) is 16.6 Å². The van der Waals surface area contributed by atoms with Crippen LogP contribution in [0.4, 0.5) is 0 Å². The van der Waals surface area contributed by atoms with E-state index in [-0.39, 0.29) is 12.6 Å². The van der Waals surface area contributed by atoms with Crippen LogP contribution in [0, 0.1) is 0 Å². The number of fused-ring (bicyclic) bond motifs is 1. The number of hydrogen-bond donors (Lipinski definition) is 5. The number of aliphatic hydroxyl groups is 1. The lowest BCUT2D eigenvalue weighted by atomic mass is 9.98. The zero-order valence-electron chi connectivity index (χ0n) is 16.9. The van der Waals surface area contributed by atoms with Crippen LogP contribution in [-0.2, 0) is 0 Å². The van der Waals surface area contributed by atoms with Gasteiger partial charge in [-0.15, -0.1) is 0 Å². The first-order valence-electron chi connectivity index (χ1n) is 9.25. The zero-order valence-corrected chi connectivity index (χ0v) is 16.9. The summed E-state index contributed by atoms with van der Waals surface area (Å²) in [5.74, 6) is 6.54. The topological polar surface area (TPSA) is 129 Å². The van der Waals surface area contributed by atoms with Crippen LogP contribution in [-0.4, -0.2) is 45.5 Å². The smallest absolute Gasteiger partial charge is 0.137 e. The number of hydrazine groups is 1. The molecule has 0 spiro atoms. The van der Waals surface area contributed by atoms with Gasteiger partial charge >= 0.3 is 0 Å². The van der Waals surface area contributed by atoms with Crippen molar-refractivity contribution in [1.29, 1.82) is 0 Å². The van der Waals surface area contributed by atoms with Gasteiger partial charge in [0.15, 0.2) is 0 Å². The van der Waals surface area contributed by atoms with Gasteiger partial charge in [-0.3, -0.25) is 0 Å². The predicted molar refractivity (Wildman–Crippen MR) is 119 cm³/mol. The molecule has 0 bridgehead atoms. The van der Waals surface area contributed by atoms with Crippen molar-refractivity contribution in [3.63, 3.8) is 0 Å². The van der Waals surface area contributed by atoms with E-state index in [4.69, 9.17) is 16.7 Å². The Morgan fingerprint density at radius 1 is 1.45 bits per heavy atom. The van der Waals surface area contributed by atoms with E-state index in [1.165, 1.54) is 6.21 Å². The van der Waals surface area contributed by atoms with Crippen LogP contribution >= 0.6 is 0 Å². The first-order chi connectivity index (χ1) is 13.8. The van der Waals surface area contributed by atoms with Crippen LogP contribution < -0.4 is 16.9 Å². The van der Waals surface area contributed by atoms with Gasteiger partial charge in [-0.25, -0.2) is 15.8 Å². The molecule has 0 atom stereocenters. The summed E-state index contributed by atoms with van der Waals surface area (Å²) in [6.45, 7) is 12.3. The highest BCUT2D eigenvalue weighted by molar-refractivity contribution is 5.88. The number of pyridine rings is 1. The number of nitrogens with zero attached hydrogens (tertiary/aromatic N) is 3. The SMILES string of the molecule is C=C(\N=C/C=C(N)/C(=C/N(N)C(C)C)C(=C)c1cnc2[nH]ccc2c1)NCCO. The van der Waals surface area contributed by atoms with Crippen LogP contribution in [0.5, 0.6) is 0 Å². The number of nitrogens with one attached hydrogen (secondary N) is 2. The largest absolute Gasteiger partial charge is 0.398 e. The first kappa shape index (κ1) is 21.9. The minimum Gasteiger partial charge on any atom is -0.398 e. The highest BCUT2D eigenvalue weighted by atomic mass is 16.3. The van der Waals surface area contributed by atoms with Crippen molar-refractivity contribution in [1.82, 2.24) is 20.3 Å².